The van der Waals surface area contributed by atoms with Gasteiger partial charge in [-0.2, -0.15) is 8.78 Å². The summed E-state index contributed by atoms with van der Waals surface area (Å²) in [6.45, 7) is 0.799. The molecule has 0 bridgehead atoms. The molecule has 0 unspecified atom stereocenters. The summed E-state index contributed by atoms with van der Waals surface area (Å²) in [6, 6.07) is 1.11. The lowest BCUT2D eigenvalue weighted by Gasteiger charge is -2.28. The molecule has 1 saturated heterocycles. The monoisotopic (exact) mass is 469 g/mol. The number of rotatable bonds is 6. The van der Waals surface area contributed by atoms with Gasteiger partial charge in [0.05, 0.1) is 18.1 Å². The van der Waals surface area contributed by atoms with Crippen LogP contribution in [0.5, 0.6) is 5.75 Å². The van der Waals surface area contributed by atoms with Gasteiger partial charge in [0.1, 0.15) is 0 Å². The van der Waals surface area contributed by atoms with E-state index in [1.165, 1.54) is 16.2 Å². The van der Waals surface area contributed by atoms with E-state index in [0.29, 0.717) is 0 Å². The van der Waals surface area contributed by atoms with Gasteiger partial charge in [0.15, 0.2) is 22.2 Å². The molecular formula is C18H16F5NO4S2. The quantitative estimate of drug-likeness (QED) is 0.370. The molecule has 1 aromatic heterocycles. The lowest BCUT2D eigenvalue weighted by atomic mass is 10.2. The second-order valence-corrected chi connectivity index (χ2v) is 10.0. The van der Waals surface area contributed by atoms with Gasteiger partial charge in [0.2, 0.25) is 29.1 Å². The zero-order valence-electron chi connectivity index (χ0n) is 15.6. The second kappa shape index (κ2) is 8.50. The Morgan fingerprint density at radius 2 is 1.73 bits per heavy atom. The van der Waals surface area contributed by atoms with Crippen molar-refractivity contribution in [2.24, 2.45) is 0 Å². The normalized spacial score (nSPS) is 17.9. The van der Waals surface area contributed by atoms with Crippen LogP contribution in [0.1, 0.15) is 16.9 Å². The molecule has 0 radical (unpaired) electrons. The molecule has 1 aliphatic rings. The number of aryl methyl sites for hydroxylation is 1. The third-order valence-corrected chi connectivity index (χ3v) is 7.52. The fourth-order valence-corrected chi connectivity index (χ4v) is 5.73. The molecule has 1 aromatic carbocycles. The maximum Gasteiger partial charge on any atom is 0.261 e. The van der Waals surface area contributed by atoms with E-state index in [-0.39, 0.29) is 24.5 Å². The molecule has 12 heteroatoms. The summed E-state index contributed by atoms with van der Waals surface area (Å²) < 4.78 is 95.6. The van der Waals surface area contributed by atoms with Gasteiger partial charge in [0.25, 0.3) is 5.91 Å². The first-order valence-corrected chi connectivity index (χ1v) is 11.4. The number of nitrogens with zero attached hydrogens (tertiary/aromatic N) is 1. The smallest absolute Gasteiger partial charge is 0.261 e. The number of hydrogen-bond donors (Lipinski definition) is 0. The number of carbonyl (C=O) groups excluding carboxylic acids is 1. The number of thiophene rings is 1. The van der Waals surface area contributed by atoms with Crippen molar-refractivity contribution in [1.82, 2.24) is 4.90 Å². The molecular weight excluding hydrogens is 453 g/mol. The van der Waals surface area contributed by atoms with E-state index < -0.39 is 63.2 Å². The molecule has 2 aromatic rings. The summed E-state index contributed by atoms with van der Waals surface area (Å²) in [6.07, 6.45) is 0.168. The number of benzene rings is 1. The fraction of sp³-hybridized carbons (Fsp3) is 0.389. The maximum atomic E-state index is 13.8. The van der Waals surface area contributed by atoms with Crippen LogP contribution in [0.4, 0.5) is 22.0 Å². The van der Waals surface area contributed by atoms with Gasteiger partial charge in [-0.15, -0.1) is 11.3 Å². The molecule has 164 valence electrons. The van der Waals surface area contributed by atoms with E-state index in [1.807, 2.05) is 0 Å². The summed E-state index contributed by atoms with van der Waals surface area (Å²) in [7, 11) is -3.35. The molecule has 5 nitrogen and oxygen atoms in total. The lowest BCUT2D eigenvalue weighted by molar-refractivity contribution is -0.136. The van der Waals surface area contributed by atoms with Gasteiger partial charge in [-0.25, -0.2) is 21.6 Å². The Labute approximate surface area is 173 Å². The first kappa shape index (κ1) is 22.5. The van der Waals surface area contributed by atoms with Gasteiger partial charge in [-0.3, -0.25) is 4.79 Å². The predicted octanol–water partition coefficient (Wildman–Crippen LogP) is 3.35. The Kier molecular flexibility index (Phi) is 6.37. The standard InChI is InChI=1S/C18H16F5NO4S2/c1-9-2-4-29-11(9)6-24(10-3-5-30(26,27)8-10)12(25)7-28-18-16(22)14(20)13(19)15(21)17(18)23/h2,4,10H,3,5-8H2,1H3/t10-/m1/s1. The minimum absolute atomic E-state index is 0.0307. The predicted molar refractivity (Wildman–Crippen MR) is 98.4 cm³/mol. The van der Waals surface area contributed by atoms with Crippen molar-refractivity contribution in [3.05, 3.63) is 51.0 Å². The fourth-order valence-electron chi connectivity index (χ4n) is 3.09. The highest BCUT2D eigenvalue weighted by molar-refractivity contribution is 7.91. The van der Waals surface area contributed by atoms with Gasteiger partial charge in [-0.05, 0) is 30.4 Å². The summed E-state index contributed by atoms with van der Waals surface area (Å²) in [5, 5.41) is 1.78. The average molecular weight is 469 g/mol. The topological polar surface area (TPSA) is 63.7 Å². The largest absolute Gasteiger partial charge is 0.477 e. The van der Waals surface area contributed by atoms with Crippen molar-refractivity contribution < 1.29 is 39.9 Å². The van der Waals surface area contributed by atoms with E-state index in [2.05, 4.69) is 4.74 Å². The van der Waals surface area contributed by atoms with Gasteiger partial charge in [0, 0.05) is 10.9 Å². The Balaban J connectivity index is 1.83. The number of hydrogen-bond acceptors (Lipinski definition) is 5. The molecule has 3 rings (SSSR count). The van der Waals surface area contributed by atoms with Crippen LogP contribution in [-0.4, -0.2) is 43.4 Å². The summed E-state index contributed by atoms with van der Waals surface area (Å²) in [5.74, 6) is -13.9. The molecule has 1 fully saturated rings. The highest BCUT2D eigenvalue weighted by Crippen LogP contribution is 2.30. The van der Waals surface area contributed by atoms with E-state index in [9.17, 15) is 35.2 Å². The first-order chi connectivity index (χ1) is 14.0. The van der Waals surface area contributed by atoms with Crippen molar-refractivity contribution in [3.63, 3.8) is 0 Å². The van der Waals surface area contributed by atoms with Crippen molar-refractivity contribution in [2.75, 3.05) is 18.1 Å². The molecule has 1 aliphatic heterocycles. The number of sulfone groups is 1. The third-order valence-electron chi connectivity index (χ3n) is 4.76. The Bertz CT molecular complexity index is 1060. The van der Waals surface area contributed by atoms with Gasteiger partial charge < -0.3 is 9.64 Å². The molecule has 2 heterocycles. The van der Waals surface area contributed by atoms with Gasteiger partial charge in [-0.1, -0.05) is 0 Å². The summed E-state index contributed by atoms with van der Waals surface area (Å²) in [5.41, 5.74) is 0.860. The molecule has 30 heavy (non-hydrogen) atoms. The molecule has 0 saturated carbocycles. The molecule has 1 atom stereocenters. The minimum atomic E-state index is -3.35. The number of carbonyl (C=O) groups is 1. The van der Waals surface area contributed by atoms with Crippen LogP contribution in [0.2, 0.25) is 0 Å². The van der Waals surface area contributed by atoms with Crippen molar-refractivity contribution in [3.8, 4) is 5.75 Å². The molecule has 1 amide bonds. The van der Waals surface area contributed by atoms with E-state index in [4.69, 9.17) is 0 Å². The van der Waals surface area contributed by atoms with Crippen LogP contribution < -0.4 is 4.74 Å². The maximum absolute atomic E-state index is 13.8. The van der Waals surface area contributed by atoms with E-state index >= 15 is 0 Å². The van der Waals surface area contributed by atoms with Crippen molar-refractivity contribution in [1.29, 1.82) is 0 Å². The SMILES string of the molecule is Cc1ccsc1CN(C(=O)COc1c(F)c(F)c(F)c(F)c1F)[C@@H]1CCS(=O)(=O)C1. The van der Waals surface area contributed by atoms with E-state index in [0.717, 1.165) is 10.4 Å². The highest BCUT2D eigenvalue weighted by Gasteiger charge is 2.36. The van der Waals surface area contributed by atoms with E-state index in [1.54, 1.807) is 18.4 Å². The molecule has 0 N–H and O–H groups in total. The average Bonchev–Trinajstić information content (AvgIpc) is 3.27. The van der Waals surface area contributed by atoms with Crippen molar-refractivity contribution >= 4 is 27.1 Å². The first-order valence-electron chi connectivity index (χ1n) is 8.69. The molecule has 0 spiro atoms. The number of ether oxygens (including phenoxy) is 1. The van der Waals surface area contributed by atoms with Crippen LogP contribution in [-0.2, 0) is 21.2 Å². The van der Waals surface area contributed by atoms with Crippen LogP contribution >= 0.6 is 11.3 Å². The third kappa shape index (κ3) is 4.43. The van der Waals surface area contributed by atoms with Crippen LogP contribution in [0.25, 0.3) is 0 Å². The van der Waals surface area contributed by atoms with Crippen molar-refractivity contribution in [2.45, 2.75) is 25.9 Å². The lowest BCUT2D eigenvalue weighted by Crippen LogP contribution is -2.43. The number of amides is 1. The Morgan fingerprint density at radius 1 is 1.13 bits per heavy atom. The zero-order chi connectivity index (χ0) is 22.2. The molecule has 0 aliphatic carbocycles. The summed E-state index contributed by atoms with van der Waals surface area (Å²) in [4.78, 5) is 14.7. The van der Waals surface area contributed by atoms with Gasteiger partial charge >= 0.3 is 0 Å². The zero-order valence-corrected chi connectivity index (χ0v) is 17.2. The van der Waals surface area contributed by atoms with Crippen LogP contribution in [0.3, 0.4) is 0 Å². The minimum Gasteiger partial charge on any atom is -0.477 e. The van der Waals surface area contributed by atoms with Crippen LogP contribution in [0, 0.1) is 36.0 Å². The Morgan fingerprint density at radius 3 is 2.23 bits per heavy atom. The summed E-state index contributed by atoms with van der Waals surface area (Å²) >= 11 is 1.33. The second-order valence-electron chi connectivity index (χ2n) is 6.79. The highest BCUT2D eigenvalue weighted by atomic mass is 32.2. The Hall–Kier alpha value is -2.21. The van der Waals surface area contributed by atoms with Crippen LogP contribution in [0.15, 0.2) is 11.4 Å². The number of halogens is 5.